The molecular weight excluding hydrogens is 438 g/mol. The van der Waals surface area contributed by atoms with Crippen LogP contribution in [0.1, 0.15) is 52.7 Å². The van der Waals surface area contributed by atoms with Crippen LogP contribution in [0.15, 0.2) is 48.5 Å². The van der Waals surface area contributed by atoms with Crippen LogP contribution in [0.25, 0.3) is 0 Å². The number of hydrogen-bond acceptors (Lipinski definition) is 6. The first kappa shape index (κ1) is 24.9. The quantitative estimate of drug-likeness (QED) is 0.638. The Bertz CT molecular complexity index is 1090. The lowest BCUT2D eigenvalue weighted by atomic mass is 9.83. The highest BCUT2D eigenvalue weighted by atomic mass is 16.6. The number of nitrogens with one attached hydrogen (secondary N) is 2. The standard InChI is InChI=1S/C25H31N3O6/c1-23(2,3)33-21(30)27-28(22(31)34-24(4,5)6)25(16-11-9-8-10-12-16)18-15-17(32-7)13-14-19(18)26-20(25)29/h8-15H,1-7H3,(H,26,29)(H,27,30)/t25-/m0/s1. The van der Waals surface area contributed by atoms with Crippen LogP contribution < -0.4 is 15.5 Å². The van der Waals surface area contributed by atoms with E-state index in [0.29, 0.717) is 22.6 Å². The molecule has 3 rings (SSSR count). The van der Waals surface area contributed by atoms with E-state index in [-0.39, 0.29) is 0 Å². The lowest BCUT2D eigenvalue weighted by Gasteiger charge is -2.40. The Morgan fingerprint density at radius 3 is 2.12 bits per heavy atom. The molecule has 182 valence electrons. The first-order chi connectivity index (χ1) is 15.8. The molecule has 0 bridgehead atoms. The zero-order valence-corrected chi connectivity index (χ0v) is 20.5. The van der Waals surface area contributed by atoms with Gasteiger partial charge in [-0.05, 0) is 65.3 Å². The fourth-order valence-corrected chi connectivity index (χ4v) is 3.68. The van der Waals surface area contributed by atoms with Crippen LogP contribution in [0.3, 0.4) is 0 Å². The summed E-state index contributed by atoms with van der Waals surface area (Å²) in [5.41, 5.74) is 0.235. The van der Waals surface area contributed by atoms with Crippen molar-refractivity contribution in [3.8, 4) is 5.75 Å². The van der Waals surface area contributed by atoms with E-state index in [1.807, 2.05) is 0 Å². The summed E-state index contributed by atoms with van der Waals surface area (Å²) in [6, 6.07) is 13.7. The van der Waals surface area contributed by atoms with Crippen LogP contribution in [0.4, 0.5) is 15.3 Å². The van der Waals surface area contributed by atoms with E-state index < -0.39 is 34.8 Å². The second-order valence-corrected chi connectivity index (χ2v) is 9.87. The van der Waals surface area contributed by atoms with Crippen LogP contribution in [0, 0.1) is 0 Å². The molecule has 0 saturated carbocycles. The Kier molecular flexibility index (Phi) is 6.50. The highest BCUT2D eigenvalue weighted by Crippen LogP contribution is 2.46. The SMILES string of the molecule is COc1ccc2c(c1)[C@](c1ccccc1)(N(NC(=O)OC(C)(C)C)C(=O)OC(C)(C)C)C(=O)N2. The van der Waals surface area contributed by atoms with Gasteiger partial charge in [-0.1, -0.05) is 30.3 Å². The lowest BCUT2D eigenvalue weighted by Crippen LogP contribution is -2.62. The minimum atomic E-state index is -1.80. The highest BCUT2D eigenvalue weighted by molar-refractivity contribution is 6.10. The van der Waals surface area contributed by atoms with Gasteiger partial charge in [0.1, 0.15) is 17.0 Å². The molecule has 2 N–H and O–H groups in total. The molecule has 34 heavy (non-hydrogen) atoms. The summed E-state index contributed by atoms with van der Waals surface area (Å²) in [5, 5.41) is 3.71. The summed E-state index contributed by atoms with van der Waals surface area (Å²) in [7, 11) is 1.50. The van der Waals surface area contributed by atoms with Crippen molar-refractivity contribution in [2.75, 3.05) is 12.4 Å². The largest absolute Gasteiger partial charge is 0.497 e. The van der Waals surface area contributed by atoms with Gasteiger partial charge in [-0.3, -0.25) is 4.79 Å². The van der Waals surface area contributed by atoms with E-state index >= 15 is 0 Å². The maximum absolute atomic E-state index is 13.7. The molecule has 0 radical (unpaired) electrons. The lowest BCUT2D eigenvalue weighted by molar-refractivity contribution is -0.127. The van der Waals surface area contributed by atoms with Crippen molar-refractivity contribution in [2.24, 2.45) is 0 Å². The molecule has 0 saturated heterocycles. The number of anilines is 1. The van der Waals surface area contributed by atoms with Crippen LogP contribution in [-0.2, 0) is 19.8 Å². The van der Waals surface area contributed by atoms with Gasteiger partial charge in [-0.25, -0.2) is 15.0 Å². The molecule has 2 aromatic carbocycles. The van der Waals surface area contributed by atoms with Gasteiger partial charge < -0.3 is 19.5 Å². The number of carbonyl (C=O) groups excluding carboxylic acids is 3. The first-order valence-corrected chi connectivity index (χ1v) is 10.9. The third-order valence-corrected chi connectivity index (χ3v) is 4.90. The van der Waals surface area contributed by atoms with Crippen LogP contribution in [-0.4, -0.2) is 41.4 Å². The Labute approximate surface area is 199 Å². The van der Waals surface area contributed by atoms with Crippen molar-refractivity contribution in [1.82, 2.24) is 10.4 Å². The fraction of sp³-hybridized carbons (Fsp3) is 0.400. The summed E-state index contributed by atoms with van der Waals surface area (Å²) in [5.74, 6) is -0.0826. The molecule has 1 heterocycles. The number of benzene rings is 2. The molecule has 0 spiro atoms. The van der Waals surface area contributed by atoms with Crippen molar-refractivity contribution < 1.29 is 28.6 Å². The molecule has 1 aliphatic heterocycles. The molecule has 2 aromatic rings. The second kappa shape index (κ2) is 8.89. The number of amides is 3. The number of fused-ring (bicyclic) bond motifs is 1. The highest BCUT2D eigenvalue weighted by Gasteiger charge is 2.57. The van der Waals surface area contributed by atoms with Gasteiger partial charge in [-0.15, -0.1) is 0 Å². The summed E-state index contributed by atoms with van der Waals surface area (Å²) < 4.78 is 16.4. The molecule has 9 nitrogen and oxygen atoms in total. The van der Waals surface area contributed by atoms with Gasteiger partial charge in [0.15, 0.2) is 5.54 Å². The summed E-state index contributed by atoms with van der Waals surface area (Å²) in [6.07, 6.45) is -1.86. The smallest absolute Gasteiger partial charge is 0.431 e. The number of hydrazine groups is 1. The van der Waals surface area contributed by atoms with Crippen LogP contribution in [0.2, 0.25) is 0 Å². The zero-order chi connectivity index (χ0) is 25.3. The van der Waals surface area contributed by atoms with E-state index in [1.165, 1.54) is 7.11 Å². The third kappa shape index (κ3) is 4.93. The summed E-state index contributed by atoms with van der Waals surface area (Å²) >= 11 is 0. The van der Waals surface area contributed by atoms with Crippen molar-refractivity contribution in [2.45, 2.75) is 58.3 Å². The molecule has 3 amide bonds. The monoisotopic (exact) mass is 469 g/mol. The van der Waals surface area contributed by atoms with Gasteiger partial charge in [-0.2, -0.15) is 5.01 Å². The van der Waals surface area contributed by atoms with E-state index in [2.05, 4.69) is 10.7 Å². The average molecular weight is 470 g/mol. The van der Waals surface area contributed by atoms with Crippen LogP contribution >= 0.6 is 0 Å². The van der Waals surface area contributed by atoms with Gasteiger partial charge in [0.05, 0.1) is 7.11 Å². The molecule has 9 heteroatoms. The predicted octanol–water partition coefficient (Wildman–Crippen LogP) is 4.57. The maximum atomic E-state index is 13.7. The number of carbonyl (C=O) groups is 3. The summed E-state index contributed by atoms with van der Waals surface area (Å²) in [6.45, 7) is 10.2. The van der Waals surface area contributed by atoms with Crippen molar-refractivity contribution >= 4 is 23.8 Å². The molecule has 0 unspecified atom stereocenters. The van der Waals surface area contributed by atoms with Gasteiger partial charge in [0, 0.05) is 11.3 Å². The van der Waals surface area contributed by atoms with Crippen molar-refractivity contribution in [3.63, 3.8) is 0 Å². The Hall–Kier alpha value is -3.75. The van der Waals surface area contributed by atoms with Gasteiger partial charge >= 0.3 is 12.2 Å². The predicted molar refractivity (Wildman–Crippen MR) is 126 cm³/mol. The average Bonchev–Trinajstić information content (AvgIpc) is 3.01. The third-order valence-electron chi connectivity index (χ3n) is 4.90. The van der Waals surface area contributed by atoms with E-state index in [0.717, 1.165) is 5.01 Å². The van der Waals surface area contributed by atoms with Crippen LogP contribution in [0.5, 0.6) is 5.75 Å². The number of hydrogen-bond donors (Lipinski definition) is 2. The fourth-order valence-electron chi connectivity index (χ4n) is 3.68. The number of ether oxygens (including phenoxy) is 3. The zero-order valence-electron chi connectivity index (χ0n) is 20.5. The van der Waals surface area contributed by atoms with E-state index in [9.17, 15) is 14.4 Å². The number of nitrogens with zero attached hydrogens (tertiary/aromatic N) is 1. The minimum absolute atomic E-state index is 0.407. The van der Waals surface area contributed by atoms with Gasteiger partial charge in [0.25, 0.3) is 5.91 Å². The molecule has 0 aromatic heterocycles. The summed E-state index contributed by atoms with van der Waals surface area (Å²) in [4.78, 5) is 40.2. The number of methoxy groups -OCH3 is 1. The Morgan fingerprint density at radius 2 is 1.56 bits per heavy atom. The minimum Gasteiger partial charge on any atom is -0.497 e. The first-order valence-electron chi connectivity index (χ1n) is 10.9. The van der Waals surface area contributed by atoms with Crippen molar-refractivity contribution in [3.05, 3.63) is 59.7 Å². The number of rotatable bonds is 3. The molecule has 1 atom stereocenters. The van der Waals surface area contributed by atoms with Crippen molar-refractivity contribution in [1.29, 1.82) is 0 Å². The van der Waals surface area contributed by atoms with E-state index in [4.69, 9.17) is 14.2 Å². The Balaban J connectivity index is 2.27. The Morgan fingerprint density at radius 1 is 0.941 bits per heavy atom. The molecule has 0 fully saturated rings. The molecular formula is C25H31N3O6. The topological polar surface area (TPSA) is 106 Å². The van der Waals surface area contributed by atoms with E-state index in [1.54, 1.807) is 90.1 Å². The normalized spacial score (nSPS) is 17.3. The van der Waals surface area contributed by atoms with Gasteiger partial charge in [0.2, 0.25) is 0 Å². The second-order valence-electron chi connectivity index (χ2n) is 9.87. The maximum Gasteiger partial charge on any atom is 0.431 e. The molecule has 0 aliphatic carbocycles. The molecule has 1 aliphatic rings.